The minimum Gasteiger partial charge on any atom is -0.462 e. The van der Waals surface area contributed by atoms with E-state index in [2.05, 4.69) is 4.98 Å². The molecular formula is C24H21ClFeN2O2+2. The molecule has 4 nitrogen and oxygen atoms in total. The summed E-state index contributed by atoms with van der Waals surface area (Å²) >= 11 is 5.97. The van der Waals surface area contributed by atoms with Gasteiger partial charge in [0.15, 0.2) is 0 Å². The van der Waals surface area contributed by atoms with Gasteiger partial charge in [-0.25, -0.2) is 9.78 Å². The van der Waals surface area contributed by atoms with Crippen LogP contribution >= 0.6 is 11.6 Å². The normalized spacial score (nSPS) is 15.8. The van der Waals surface area contributed by atoms with Gasteiger partial charge in [0.1, 0.15) is 11.4 Å². The third kappa shape index (κ3) is 6.47. The summed E-state index contributed by atoms with van der Waals surface area (Å²) in [7, 11) is 0. The maximum Gasteiger partial charge on any atom is 2.00 e. The van der Waals surface area contributed by atoms with Gasteiger partial charge in [0.2, 0.25) is 0 Å². The van der Waals surface area contributed by atoms with E-state index in [4.69, 9.17) is 22.1 Å². The molecule has 2 saturated carbocycles. The number of anilines is 1. The first kappa shape index (κ1) is 24.7. The summed E-state index contributed by atoms with van der Waals surface area (Å²) in [6.07, 6.45) is 17.7. The molecule has 10 radical (unpaired) electrons. The monoisotopic (exact) mass is 460 g/mol. The van der Waals surface area contributed by atoms with Crippen LogP contribution in [0.2, 0.25) is 5.02 Å². The van der Waals surface area contributed by atoms with Crippen LogP contribution in [0.1, 0.15) is 23.0 Å². The Bertz CT molecular complexity index is 809. The van der Waals surface area contributed by atoms with E-state index >= 15 is 0 Å². The summed E-state index contributed by atoms with van der Waals surface area (Å²) in [4.78, 5) is 16.7. The Morgan fingerprint density at radius 2 is 1.57 bits per heavy atom. The molecule has 1 heterocycles. The quantitative estimate of drug-likeness (QED) is 0.519. The molecular weight excluding hydrogens is 440 g/mol. The Balaban J connectivity index is 0.000000468. The SMILES string of the molecule is CCOC(=O)c1c(-c2ccc(Cl)cc2)cc([C]2[CH][CH][CH][CH]2)nc1N.[CH]1[CH][CH][CH][CH]1.[Fe+2]. The summed E-state index contributed by atoms with van der Waals surface area (Å²) in [5.74, 6) is 0.603. The van der Waals surface area contributed by atoms with E-state index in [1.54, 1.807) is 19.1 Å². The van der Waals surface area contributed by atoms with Crippen molar-refractivity contribution in [1.82, 2.24) is 4.98 Å². The van der Waals surface area contributed by atoms with E-state index in [0.29, 0.717) is 16.3 Å². The molecule has 6 heteroatoms. The van der Waals surface area contributed by atoms with Gasteiger partial charge in [-0.2, -0.15) is 0 Å². The molecule has 4 rings (SSSR count). The third-order valence-electron chi connectivity index (χ3n) is 4.20. The second kappa shape index (κ2) is 12.3. The van der Waals surface area contributed by atoms with Crippen LogP contribution in [0.3, 0.4) is 0 Å². The van der Waals surface area contributed by atoms with Gasteiger partial charge in [0.05, 0.1) is 12.3 Å². The van der Waals surface area contributed by atoms with E-state index in [9.17, 15) is 4.79 Å². The Morgan fingerprint density at radius 3 is 2.10 bits per heavy atom. The van der Waals surface area contributed by atoms with Gasteiger partial charge in [0, 0.05) is 16.5 Å². The predicted octanol–water partition coefficient (Wildman–Crippen LogP) is 4.93. The number of nitrogen functional groups attached to an aromatic ring is 1. The van der Waals surface area contributed by atoms with Gasteiger partial charge < -0.3 is 10.5 Å². The van der Waals surface area contributed by atoms with Gasteiger partial charge in [-0.05, 0) is 88.5 Å². The van der Waals surface area contributed by atoms with Gasteiger partial charge in [-0.15, -0.1) is 0 Å². The van der Waals surface area contributed by atoms with Crippen molar-refractivity contribution in [2.45, 2.75) is 6.92 Å². The number of hydrogen-bond donors (Lipinski definition) is 1. The van der Waals surface area contributed by atoms with Crippen molar-refractivity contribution >= 4 is 23.4 Å². The second-order valence-electron chi connectivity index (χ2n) is 6.18. The molecule has 2 N–H and O–H groups in total. The molecule has 1 aromatic heterocycles. The van der Waals surface area contributed by atoms with Crippen LogP contribution in [0.15, 0.2) is 30.3 Å². The van der Waals surface area contributed by atoms with E-state index in [0.717, 1.165) is 11.5 Å². The summed E-state index contributed by atoms with van der Waals surface area (Å²) in [6.45, 7) is 2.02. The molecule has 0 atom stereocenters. The summed E-state index contributed by atoms with van der Waals surface area (Å²) < 4.78 is 5.14. The van der Waals surface area contributed by atoms with Gasteiger partial charge >= 0.3 is 23.0 Å². The molecule has 2 aliphatic carbocycles. The first-order valence-electron chi connectivity index (χ1n) is 9.22. The number of carbonyl (C=O) groups is 1. The van der Waals surface area contributed by atoms with Gasteiger partial charge in [-0.1, -0.05) is 23.7 Å². The average molecular weight is 461 g/mol. The molecule has 0 bridgehead atoms. The minimum absolute atomic E-state index is 0. The fraction of sp³-hybridized carbons (Fsp3) is 0.0833. The molecule has 2 fully saturated rings. The number of benzene rings is 1. The number of hydrogen-bond acceptors (Lipinski definition) is 4. The molecule has 30 heavy (non-hydrogen) atoms. The number of rotatable bonds is 4. The number of nitrogens with zero attached hydrogens (tertiary/aromatic N) is 1. The summed E-state index contributed by atoms with van der Waals surface area (Å²) in [5.41, 5.74) is 8.56. The molecule has 152 valence electrons. The standard InChI is InChI=1S/C19H16ClN2O2.C5H5.Fe/c1-2-24-19(23)17-15(12-7-9-14(20)10-8-12)11-16(22-18(17)21)13-5-3-4-6-13;1-2-4-5-3-1;/h3-11H,2H2,1H3,(H2,21,22);1-5H;/q;;+2. The Labute approximate surface area is 195 Å². The van der Waals surface area contributed by atoms with Crippen molar-refractivity contribution in [3.05, 3.63) is 110 Å². The number of aromatic nitrogens is 1. The van der Waals surface area contributed by atoms with Gasteiger partial charge in [-0.3, -0.25) is 0 Å². The number of halogens is 1. The van der Waals surface area contributed by atoms with Crippen molar-refractivity contribution in [2.75, 3.05) is 12.3 Å². The molecule has 0 saturated heterocycles. The molecule has 0 amide bonds. The summed E-state index contributed by atoms with van der Waals surface area (Å²) in [6, 6.07) is 9.07. The topological polar surface area (TPSA) is 65.2 Å². The maximum atomic E-state index is 12.4. The molecule has 2 aliphatic rings. The fourth-order valence-electron chi connectivity index (χ4n) is 2.85. The van der Waals surface area contributed by atoms with Crippen LogP contribution in [-0.4, -0.2) is 17.6 Å². The molecule has 0 unspecified atom stereocenters. The third-order valence-corrected chi connectivity index (χ3v) is 4.45. The molecule has 0 aliphatic heterocycles. The number of esters is 1. The molecule has 0 spiro atoms. The Kier molecular flexibility index (Phi) is 10.2. The van der Waals surface area contributed by atoms with Crippen LogP contribution in [0.5, 0.6) is 0 Å². The predicted molar refractivity (Wildman–Crippen MR) is 116 cm³/mol. The zero-order valence-corrected chi connectivity index (χ0v) is 18.2. The van der Waals surface area contributed by atoms with E-state index in [1.165, 1.54) is 0 Å². The Hall–Kier alpha value is -1.55. The number of pyridine rings is 1. The number of ether oxygens (including phenoxy) is 1. The second-order valence-corrected chi connectivity index (χ2v) is 6.61. The van der Waals surface area contributed by atoms with Crippen LogP contribution in [0, 0.1) is 63.7 Å². The summed E-state index contributed by atoms with van der Waals surface area (Å²) in [5, 5.41) is 0.620. The van der Waals surface area contributed by atoms with Crippen LogP contribution in [-0.2, 0) is 21.8 Å². The van der Waals surface area contributed by atoms with Gasteiger partial charge in [0.25, 0.3) is 0 Å². The van der Waals surface area contributed by atoms with E-state index in [1.807, 2.05) is 76.0 Å². The fourth-order valence-corrected chi connectivity index (χ4v) is 2.98. The van der Waals surface area contributed by atoms with Crippen molar-refractivity contribution in [3.8, 4) is 11.1 Å². The zero-order chi connectivity index (χ0) is 20.6. The Morgan fingerprint density at radius 1 is 1.00 bits per heavy atom. The van der Waals surface area contributed by atoms with Crippen molar-refractivity contribution in [2.24, 2.45) is 0 Å². The van der Waals surface area contributed by atoms with Crippen LogP contribution < -0.4 is 5.73 Å². The van der Waals surface area contributed by atoms with Crippen LogP contribution in [0.25, 0.3) is 11.1 Å². The largest absolute Gasteiger partial charge is 2.00 e. The van der Waals surface area contributed by atoms with Crippen LogP contribution in [0.4, 0.5) is 5.82 Å². The number of nitrogens with two attached hydrogens (primary N) is 1. The van der Waals surface area contributed by atoms with E-state index < -0.39 is 5.97 Å². The maximum absolute atomic E-state index is 12.4. The zero-order valence-electron chi connectivity index (χ0n) is 16.4. The van der Waals surface area contributed by atoms with Crippen molar-refractivity contribution < 1.29 is 26.6 Å². The van der Waals surface area contributed by atoms with Crippen molar-refractivity contribution in [3.63, 3.8) is 0 Å². The first-order chi connectivity index (χ1) is 14.1. The molecule has 1 aromatic carbocycles. The first-order valence-corrected chi connectivity index (χ1v) is 9.60. The smallest absolute Gasteiger partial charge is 0.462 e. The van der Waals surface area contributed by atoms with E-state index in [-0.39, 0.29) is 35.1 Å². The average Bonchev–Trinajstić information content (AvgIpc) is 3.44. The molecule has 2 aromatic rings. The minimum atomic E-state index is -0.485. The number of carbonyl (C=O) groups excluding carboxylic acids is 1. The van der Waals surface area contributed by atoms with Crippen molar-refractivity contribution in [1.29, 1.82) is 0 Å².